The lowest BCUT2D eigenvalue weighted by atomic mass is 10.0. The van der Waals surface area contributed by atoms with E-state index in [-0.39, 0.29) is 17.1 Å². The fraction of sp³-hybridized carbons (Fsp3) is 0.320. The number of aromatic hydroxyl groups is 1. The molecule has 0 bridgehead atoms. The molecule has 1 N–H and O–H groups in total. The molecule has 1 saturated heterocycles. The number of hydrogen-bond donors (Lipinski definition) is 1. The largest absolute Gasteiger partial charge is 0.504 e. The van der Waals surface area contributed by atoms with Crippen LogP contribution >= 0.6 is 23.2 Å². The predicted octanol–water partition coefficient (Wildman–Crippen LogP) is 7.02. The Labute approximate surface area is 197 Å². The van der Waals surface area contributed by atoms with Gasteiger partial charge in [-0.1, -0.05) is 47.0 Å². The molecule has 1 unspecified atom stereocenters. The normalized spacial score (nSPS) is 15.7. The number of likely N-dealkylation sites (tertiary alicyclic amines) is 1. The summed E-state index contributed by atoms with van der Waals surface area (Å²) >= 11 is 11.9. The van der Waals surface area contributed by atoms with Crippen molar-refractivity contribution in [1.82, 2.24) is 4.90 Å². The van der Waals surface area contributed by atoms with Crippen LogP contribution in [-0.2, 0) is 0 Å². The first-order valence-electron chi connectivity index (χ1n) is 10.5. The maximum atomic E-state index is 14.8. The molecule has 0 saturated carbocycles. The molecular formula is C25H26Cl2FNO3. The number of halogens is 3. The Hall–Kier alpha value is -2.50. The van der Waals surface area contributed by atoms with Crippen LogP contribution in [0.25, 0.3) is 0 Å². The van der Waals surface area contributed by atoms with Gasteiger partial charge in [0.1, 0.15) is 11.9 Å². The van der Waals surface area contributed by atoms with Gasteiger partial charge in [-0.2, -0.15) is 0 Å². The second kappa shape index (κ2) is 10.9. The summed E-state index contributed by atoms with van der Waals surface area (Å²) in [5.41, 5.74) is 1.63. The lowest BCUT2D eigenvalue weighted by Gasteiger charge is -2.22. The second-order valence-corrected chi connectivity index (χ2v) is 8.96. The average Bonchev–Trinajstić information content (AvgIpc) is 3.29. The van der Waals surface area contributed by atoms with Crippen LogP contribution in [-0.4, -0.2) is 29.0 Å². The van der Waals surface area contributed by atoms with Crippen LogP contribution in [0.5, 0.6) is 11.5 Å². The van der Waals surface area contributed by atoms with Gasteiger partial charge in [-0.3, -0.25) is 4.79 Å². The molecule has 1 fully saturated rings. The Bertz CT molecular complexity index is 1020. The van der Waals surface area contributed by atoms with E-state index in [2.05, 4.69) is 0 Å². The van der Waals surface area contributed by atoms with E-state index in [0.29, 0.717) is 29.6 Å². The minimum atomic E-state index is -0.725. The smallest absolute Gasteiger partial charge is 0.256 e. The Morgan fingerprint density at radius 2 is 1.84 bits per heavy atom. The third-order valence-corrected chi connectivity index (χ3v) is 5.67. The van der Waals surface area contributed by atoms with Gasteiger partial charge in [-0.25, -0.2) is 4.39 Å². The summed E-state index contributed by atoms with van der Waals surface area (Å²) in [5, 5.41) is 11.8. The fourth-order valence-corrected chi connectivity index (χ4v) is 3.76. The van der Waals surface area contributed by atoms with Gasteiger partial charge in [0.15, 0.2) is 11.5 Å². The molecule has 0 spiro atoms. The highest BCUT2D eigenvalue weighted by molar-refractivity contribution is 6.30. The van der Waals surface area contributed by atoms with Crippen molar-refractivity contribution >= 4 is 29.1 Å². The summed E-state index contributed by atoms with van der Waals surface area (Å²) < 4.78 is 20.9. The monoisotopic (exact) mass is 477 g/mol. The molecule has 32 heavy (non-hydrogen) atoms. The molecule has 0 aliphatic carbocycles. The second-order valence-electron chi connectivity index (χ2n) is 7.93. The quantitative estimate of drug-likeness (QED) is 0.435. The molecule has 1 amide bonds. The van der Waals surface area contributed by atoms with Crippen LogP contribution in [0.15, 0.2) is 59.2 Å². The van der Waals surface area contributed by atoms with Gasteiger partial charge in [0.05, 0.1) is 5.56 Å². The number of phenolic OH excluding ortho intramolecular Hbond substituents is 1. The molecule has 1 heterocycles. The van der Waals surface area contributed by atoms with Crippen LogP contribution in [0.1, 0.15) is 55.1 Å². The molecule has 1 aliphatic heterocycles. The van der Waals surface area contributed by atoms with Gasteiger partial charge in [-0.15, -0.1) is 0 Å². The zero-order chi connectivity index (χ0) is 23.3. The molecule has 1 atom stereocenters. The number of carbonyl (C=O) groups excluding carboxylic acids is 1. The Balaban J connectivity index is 1.88. The molecule has 1 aliphatic rings. The van der Waals surface area contributed by atoms with Crippen molar-refractivity contribution in [3.63, 3.8) is 0 Å². The zero-order valence-corrected chi connectivity index (χ0v) is 19.6. The van der Waals surface area contributed by atoms with Crippen molar-refractivity contribution in [2.45, 2.75) is 39.2 Å². The topological polar surface area (TPSA) is 49.8 Å². The van der Waals surface area contributed by atoms with Crippen LogP contribution in [0.4, 0.5) is 4.39 Å². The summed E-state index contributed by atoms with van der Waals surface area (Å²) in [6.45, 7) is 4.90. The first-order valence-corrected chi connectivity index (χ1v) is 11.2. The van der Waals surface area contributed by atoms with Crippen molar-refractivity contribution in [3.8, 4) is 11.5 Å². The van der Waals surface area contributed by atoms with Gasteiger partial charge in [0, 0.05) is 35.6 Å². The molecule has 4 nitrogen and oxygen atoms in total. The summed E-state index contributed by atoms with van der Waals surface area (Å²) in [7, 11) is 0. The van der Waals surface area contributed by atoms with Crippen LogP contribution in [0.2, 0.25) is 5.02 Å². The third kappa shape index (κ3) is 6.27. The summed E-state index contributed by atoms with van der Waals surface area (Å²) in [6.07, 6.45) is 5.41. The predicted molar refractivity (Wildman–Crippen MR) is 126 cm³/mol. The van der Waals surface area contributed by atoms with E-state index >= 15 is 0 Å². The number of rotatable bonds is 7. The standard InChI is InChI=1S/C25H26Cl2FNO3/c1-16(5-6-17(2)26)13-23(18-7-9-19(27)10-8-18)32-24-15-21(28)20(14-22(24)30)25(31)29-11-3-4-12-29/h5-10,14-15,23,30H,3-4,11-13H2,1-2H3/b16-5+,17-6+. The molecule has 2 aromatic rings. The molecule has 0 aromatic heterocycles. The van der Waals surface area contributed by atoms with Gasteiger partial charge < -0.3 is 14.7 Å². The molecular weight excluding hydrogens is 452 g/mol. The van der Waals surface area contributed by atoms with Crippen LogP contribution < -0.4 is 4.74 Å². The van der Waals surface area contributed by atoms with Crippen molar-refractivity contribution in [2.24, 2.45) is 0 Å². The Kier molecular flexibility index (Phi) is 8.21. The highest BCUT2D eigenvalue weighted by atomic mass is 35.5. The molecule has 7 heteroatoms. The lowest BCUT2D eigenvalue weighted by Crippen LogP contribution is -2.28. The maximum Gasteiger partial charge on any atom is 0.256 e. The van der Waals surface area contributed by atoms with E-state index in [4.69, 9.17) is 27.9 Å². The number of benzene rings is 2. The zero-order valence-electron chi connectivity index (χ0n) is 18.1. The van der Waals surface area contributed by atoms with Gasteiger partial charge >= 0.3 is 0 Å². The minimum absolute atomic E-state index is 0.0303. The highest BCUT2D eigenvalue weighted by Crippen LogP contribution is 2.36. The average molecular weight is 478 g/mol. The highest BCUT2D eigenvalue weighted by Gasteiger charge is 2.25. The number of ether oxygens (including phenoxy) is 1. The van der Waals surface area contributed by atoms with E-state index in [1.165, 1.54) is 0 Å². The van der Waals surface area contributed by atoms with Gasteiger partial charge in [0.25, 0.3) is 5.91 Å². The van der Waals surface area contributed by atoms with E-state index in [9.17, 15) is 14.3 Å². The van der Waals surface area contributed by atoms with E-state index < -0.39 is 17.8 Å². The first-order chi connectivity index (χ1) is 15.2. The Morgan fingerprint density at radius 3 is 2.47 bits per heavy atom. The number of allylic oxidation sites excluding steroid dienone is 3. The lowest BCUT2D eigenvalue weighted by molar-refractivity contribution is 0.0787. The first kappa shape index (κ1) is 24.1. The van der Waals surface area contributed by atoms with Crippen LogP contribution in [0, 0.1) is 5.82 Å². The number of nitrogens with zero attached hydrogens (tertiary/aromatic N) is 1. The minimum Gasteiger partial charge on any atom is -0.504 e. The van der Waals surface area contributed by atoms with E-state index in [1.807, 2.05) is 25.1 Å². The van der Waals surface area contributed by atoms with Crippen molar-refractivity contribution in [1.29, 1.82) is 0 Å². The fourth-order valence-electron chi connectivity index (χ4n) is 3.57. The van der Waals surface area contributed by atoms with Gasteiger partial charge in [0.2, 0.25) is 0 Å². The molecule has 3 rings (SSSR count). The van der Waals surface area contributed by atoms with Crippen molar-refractivity contribution in [3.05, 3.63) is 81.1 Å². The number of amides is 1. The molecule has 170 valence electrons. The van der Waals surface area contributed by atoms with Crippen molar-refractivity contribution in [2.75, 3.05) is 13.1 Å². The third-order valence-electron chi connectivity index (χ3n) is 5.29. The number of hydrogen-bond acceptors (Lipinski definition) is 3. The SMILES string of the molecule is C/C(Cl)=C\C=C(/C)CC(Oc1cc(F)c(C(=O)N2CCCC2)cc1O)c1ccc(Cl)cc1. The summed E-state index contributed by atoms with van der Waals surface area (Å²) in [5.74, 6) is -1.46. The van der Waals surface area contributed by atoms with E-state index in [0.717, 1.165) is 36.1 Å². The number of carbonyl (C=O) groups is 1. The summed E-state index contributed by atoms with van der Waals surface area (Å²) in [4.78, 5) is 14.2. The molecule has 2 aromatic carbocycles. The van der Waals surface area contributed by atoms with E-state index in [1.54, 1.807) is 30.0 Å². The van der Waals surface area contributed by atoms with Crippen LogP contribution in [0.3, 0.4) is 0 Å². The van der Waals surface area contributed by atoms with Gasteiger partial charge in [-0.05, 0) is 56.5 Å². The summed E-state index contributed by atoms with van der Waals surface area (Å²) in [6, 6.07) is 9.35. The Morgan fingerprint density at radius 1 is 1.19 bits per heavy atom. The number of phenols is 1. The van der Waals surface area contributed by atoms with Crippen molar-refractivity contribution < 1.29 is 19.0 Å². The molecule has 0 radical (unpaired) electrons. The maximum absolute atomic E-state index is 14.8.